The average Bonchev–Trinajstić information content (AvgIpc) is 2.27. The van der Waals surface area contributed by atoms with E-state index < -0.39 is 11.5 Å². The maximum atomic E-state index is 13.1. The van der Waals surface area contributed by atoms with Gasteiger partial charge in [-0.3, -0.25) is 4.79 Å². The van der Waals surface area contributed by atoms with E-state index in [0.29, 0.717) is 11.1 Å². The molecule has 0 spiro atoms. The van der Waals surface area contributed by atoms with Crippen LogP contribution in [0.25, 0.3) is 0 Å². The van der Waals surface area contributed by atoms with Gasteiger partial charge >= 0.3 is 0 Å². The number of amides is 1. The number of carbonyl (C=O) groups excluding carboxylic acids is 1. The first kappa shape index (κ1) is 14.6. The number of aryl methyl sites for hydroxylation is 1. The van der Waals surface area contributed by atoms with Crippen LogP contribution in [0.1, 0.15) is 38.0 Å². The summed E-state index contributed by atoms with van der Waals surface area (Å²) < 4.78 is 13.1. The van der Waals surface area contributed by atoms with Crippen molar-refractivity contribution >= 4 is 5.91 Å². The number of rotatable bonds is 3. The van der Waals surface area contributed by atoms with Crippen LogP contribution in [0.4, 0.5) is 4.39 Å². The molecule has 1 atom stereocenters. The van der Waals surface area contributed by atoms with Crippen molar-refractivity contribution in [1.82, 2.24) is 5.32 Å². The van der Waals surface area contributed by atoms with Crippen LogP contribution in [0.2, 0.25) is 0 Å². The second-order valence-corrected chi connectivity index (χ2v) is 5.48. The molecular formula is C14H20FNO2. The van der Waals surface area contributed by atoms with Crippen LogP contribution in [0, 0.1) is 18.2 Å². The zero-order chi connectivity index (χ0) is 13.9. The summed E-state index contributed by atoms with van der Waals surface area (Å²) in [6, 6.07) is 4.43. The lowest BCUT2D eigenvalue weighted by Crippen LogP contribution is -2.37. The summed E-state index contributed by atoms with van der Waals surface area (Å²) in [7, 11) is 0. The maximum Gasteiger partial charge on any atom is 0.225 e. The molecule has 1 amide bonds. The normalized spacial score (nSPS) is 13.2. The number of hydrogen-bond acceptors (Lipinski definition) is 2. The van der Waals surface area contributed by atoms with Crippen LogP contribution >= 0.6 is 0 Å². The standard InChI is InChI=1S/C14H20FNO2/c1-9-7-10(5-6-11(9)15)12(17)8-16-13(18)14(2,3)4/h5-7,12,17H,8H2,1-4H3,(H,16,18). The van der Waals surface area contributed by atoms with Gasteiger partial charge in [0.2, 0.25) is 5.91 Å². The third-order valence-electron chi connectivity index (χ3n) is 2.70. The molecule has 100 valence electrons. The molecule has 0 aromatic heterocycles. The Hall–Kier alpha value is -1.42. The number of nitrogens with one attached hydrogen (secondary N) is 1. The van der Waals surface area contributed by atoms with Crippen LogP contribution in [0.15, 0.2) is 18.2 Å². The zero-order valence-corrected chi connectivity index (χ0v) is 11.2. The summed E-state index contributed by atoms with van der Waals surface area (Å²) in [5, 5.41) is 12.6. The molecule has 0 aliphatic heterocycles. The monoisotopic (exact) mass is 253 g/mol. The molecule has 0 saturated heterocycles. The van der Waals surface area contributed by atoms with Crippen molar-refractivity contribution in [2.45, 2.75) is 33.8 Å². The van der Waals surface area contributed by atoms with Gasteiger partial charge in [0.1, 0.15) is 5.82 Å². The fourth-order valence-electron chi connectivity index (χ4n) is 1.45. The Bertz CT molecular complexity index is 438. The van der Waals surface area contributed by atoms with Gasteiger partial charge in [0, 0.05) is 12.0 Å². The van der Waals surface area contributed by atoms with E-state index in [0.717, 1.165) is 0 Å². The van der Waals surface area contributed by atoms with E-state index in [9.17, 15) is 14.3 Å². The first-order valence-electron chi connectivity index (χ1n) is 5.94. The summed E-state index contributed by atoms with van der Waals surface area (Å²) in [6.07, 6.45) is -0.824. The third kappa shape index (κ3) is 3.81. The minimum Gasteiger partial charge on any atom is -0.387 e. The van der Waals surface area contributed by atoms with Gasteiger partial charge in [-0.15, -0.1) is 0 Å². The lowest BCUT2D eigenvalue weighted by atomic mass is 9.95. The maximum absolute atomic E-state index is 13.1. The van der Waals surface area contributed by atoms with Gasteiger partial charge in [-0.25, -0.2) is 4.39 Å². The largest absolute Gasteiger partial charge is 0.387 e. The molecule has 0 aliphatic carbocycles. The van der Waals surface area contributed by atoms with Gasteiger partial charge in [-0.05, 0) is 24.1 Å². The zero-order valence-electron chi connectivity index (χ0n) is 11.2. The molecule has 1 unspecified atom stereocenters. The quantitative estimate of drug-likeness (QED) is 0.868. The lowest BCUT2D eigenvalue weighted by Gasteiger charge is -2.19. The molecule has 1 aromatic carbocycles. The van der Waals surface area contributed by atoms with E-state index in [1.54, 1.807) is 33.8 Å². The van der Waals surface area contributed by atoms with Gasteiger partial charge < -0.3 is 10.4 Å². The Balaban J connectivity index is 2.63. The van der Waals surface area contributed by atoms with Crippen molar-refractivity contribution in [2.24, 2.45) is 5.41 Å². The van der Waals surface area contributed by atoms with Crippen LogP contribution < -0.4 is 5.32 Å². The number of hydrogen-bond donors (Lipinski definition) is 2. The van der Waals surface area contributed by atoms with Gasteiger partial charge in [-0.2, -0.15) is 0 Å². The summed E-state index contributed by atoms with van der Waals surface area (Å²) in [5.41, 5.74) is 0.593. The molecule has 1 rings (SSSR count). The van der Waals surface area contributed by atoms with Crippen molar-refractivity contribution in [3.8, 4) is 0 Å². The second-order valence-electron chi connectivity index (χ2n) is 5.48. The Morgan fingerprint density at radius 2 is 2.06 bits per heavy atom. The third-order valence-corrected chi connectivity index (χ3v) is 2.70. The highest BCUT2D eigenvalue weighted by molar-refractivity contribution is 5.81. The molecule has 0 bridgehead atoms. The van der Waals surface area contributed by atoms with E-state index in [2.05, 4.69) is 5.32 Å². The Kier molecular flexibility index (Phi) is 4.46. The Morgan fingerprint density at radius 3 is 2.56 bits per heavy atom. The molecule has 2 N–H and O–H groups in total. The highest BCUT2D eigenvalue weighted by Crippen LogP contribution is 2.17. The smallest absolute Gasteiger partial charge is 0.225 e. The minimum atomic E-state index is -0.824. The molecule has 18 heavy (non-hydrogen) atoms. The van der Waals surface area contributed by atoms with Crippen LogP contribution in [0.3, 0.4) is 0 Å². The molecule has 0 radical (unpaired) electrons. The van der Waals surface area contributed by atoms with Gasteiger partial charge in [0.25, 0.3) is 0 Å². The van der Waals surface area contributed by atoms with Crippen molar-refractivity contribution < 1.29 is 14.3 Å². The van der Waals surface area contributed by atoms with E-state index in [4.69, 9.17) is 0 Å². The van der Waals surface area contributed by atoms with E-state index in [1.807, 2.05) is 0 Å². The summed E-state index contributed by atoms with van der Waals surface area (Å²) >= 11 is 0. The van der Waals surface area contributed by atoms with E-state index in [-0.39, 0.29) is 18.3 Å². The summed E-state index contributed by atoms with van der Waals surface area (Å²) in [5.74, 6) is -0.426. The highest BCUT2D eigenvalue weighted by Gasteiger charge is 2.21. The number of benzene rings is 1. The predicted molar refractivity (Wildman–Crippen MR) is 68.6 cm³/mol. The van der Waals surface area contributed by atoms with Crippen molar-refractivity contribution in [3.63, 3.8) is 0 Å². The fraction of sp³-hybridized carbons (Fsp3) is 0.500. The number of aliphatic hydroxyl groups is 1. The van der Waals surface area contributed by atoms with Gasteiger partial charge in [0.05, 0.1) is 6.10 Å². The fourth-order valence-corrected chi connectivity index (χ4v) is 1.45. The number of aliphatic hydroxyl groups excluding tert-OH is 1. The summed E-state index contributed by atoms with van der Waals surface area (Å²) in [6.45, 7) is 7.17. The molecular weight excluding hydrogens is 233 g/mol. The first-order valence-corrected chi connectivity index (χ1v) is 5.94. The van der Waals surface area contributed by atoms with E-state index in [1.165, 1.54) is 12.1 Å². The second kappa shape index (κ2) is 5.48. The SMILES string of the molecule is Cc1cc(C(O)CNC(=O)C(C)(C)C)ccc1F. The molecule has 0 fully saturated rings. The average molecular weight is 253 g/mol. The molecule has 0 heterocycles. The molecule has 0 aliphatic rings. The lowest BCUT2D eigenvalue weighted by molar-refractivity contribution is -0.128. The van der Waals surface area contributed by atoms with Gasteiger partial charge in [-0.1, -0.05) is 32.9 Å². The highest BCUT2D eigenvalue weighted by atomic mass is 19.1. The predicted octanol–water partition coefficient (Wildman–Crippen LogP) is 2.33. The van der Waals surface area contributed by atoms with Crippen molar-refractivity contribution in [3.05, 3.63) is 35.1 Å². The topological polar surface area (TPSA) is 49.3 Å². The van der Waals surface area contributed by atoms with Crippen LogP contribution in [-0.2, 0) is 4.79 Å². The molecule has 3 nitrogen and oxygen atoms in total. The Morgan fingerprint density at radius 1 is 1.44 bits per heavy atom. The van der Waals surface area contributed by atoms with Crippen molar-refractivity contribution in [2.75, 3.05) is 6.54 Å². The van der Waals surface area contributed by atoms with Crippen LogP contribution in [0.5, 0.6) is 0 Å². The summed E-state index contributed by atoms with van der Waals surface area (Å²) in [4.78, 5) is 11.6. The molecule has 4 heteroatoms. The first-order chi connectivity index (χ1) is 8.21. The van der Waals surface area contributed by atoms with Crippen molar-refractivity contribution in [1.29, 1.82) is 0 Å². The number of halogens is 1. The number of carbonyl (C=O) groups is 1. The van der Waals surface area contributed by atoms with E-state index >= 15 is 0 Å². The minimum absolute atomic E-state index is 0.125. The van der Waals surface area contributed by atoms with Crippen LogP contribution in [-0.4, -0.2) is 17.6 Å². The molecule has 0 saturated carbocycles. The molecule has 1 aromatic rings. The van der Waals surface area contributed by atoms with Gasteiger partial charge in [0.15, 0.2) is 0 Å². The Labute approximate surface area is 107 Å².